The highest BCUT2D eigenvalue weighted by Crippen LogP contribution is 2.28. The van der Waals surface area contributed by atoms with E-state index < -0.39 is 14.9 Å². The number of nitrogens with zero attached hydrogens (tertiary/aromatic N) is 2. The molecule has 0 aromatic heterocycles. The second-order valence-electron chi connectivity index (χ2n) is 4.01. The zero-order valence-electron chi connectivity index (χ0n) is 11.5. The van der Waals surface area contributed by atoms with Gasteiger partial charge in [-0.1, -0.05) is 0 Å². The molecule has 20 heavy (non-hydrogen) atoms. The second-order valence-corrected chi connectivity index (χ2v) is 6.05. The van der Waals surface area contributed by atoms with Crippen molar-refractivity contribution in [3.63, 3.8) is 0 Å². The number of nitro groups is 1. The third-order valence-corrected chi connectivity index (χ3v) is 4.61. The molecule has 0 unspecified atom stereocenters. The number of rotatable bonds is 7. The molecule has 1 aromatic carbocycles. The number of sulfonamides is 1. The minimum Gasteiger partial charge on any atom is -0.383 e. The third kappa shape index (κ3) is 3.44. The van der Waals surface area contributed by atoms with Gasteiger partial charge >= 0.3 is 0 Å². The van der Waals surface area contributed by atoms with Crippen molar-refractivity contribution in [2.24, 2.45) is 0 Å². The van der Waals surface area contributed by atoms with E-state index >= 15 is 0 Å². The molecule has 8 nitrogen and oxygen atoms in total. The van der Waals surface area contributed by atoms with Crippen molar-refractivity contribution >= 4 is 21.4 Å². The lowest BCUT2D eigenvalue weighted by atomic mass is 10.3. The predicted octanol–water partition coefficient (Wildman–Crippen LogP) is 0.903. The fourth-order valence-electron chi connectivity index (χ4n) is 1.55. The van der Waals surface area contributed by atoms with Gasteiger partial charge in [-0.15, -0.1) is 0 Å². The molecule has 0 aliphatic carbocycles. The van der Waals surface area contributed by atoms with Gasteiger partial charge in [0.05, 0.1) is 16.4 Å². The SMILES string of the molecule is CNc1ccc(S(=O)(=O)N(C)CCOC)cc1[N+](=O)[O-]. The van der Waals surface area contributed by atoms with Crippen LogP contribution in [-0.2, 0) is 14.8 Å². The maximum absolute atomic E-state index is 12.2. The fraction of sp³-hybridized carbons (Fsp3) is 0.455. The van der Waals surface area contributed by atoms with Crippen LogP contribution in [0.25, 0.3) is 0 Å². The van der Waals surface area contributed by atoms with E-state index in [0.717, 1.165) is 10.4 Å². The lowest BCUT2D eigenvalue weighted by Crippen LogP contribution is -2.30. The Hall–Kier alpha value is -1.71. The molecule has 0 fully saturated rings. The maximum atomic E-state index is 12.2. The number of likely N-dealkylation sites (N-methyl/N-ethyl adjacent to an activating group) is 1. The fourth-order valence-corrected chi connectivity index (χ4v) is 2.73. The van der Waals surface area contributed by atoms with Crippen LogP contribution in [0.5, 0.6) is 0 Å². The highest BCUT2D eigenvalue weighted by atomic mass is 32.2. The molecule has 0 amide bonds. The van der Waals surface area contributed by atoms with Crippen molar-refractivity contribution in [1.29, 1.82) is 0 Å². The molecule has 0 bridgehead atoms. The van der Waals surface area contributed by atoms with Gasteiger partial charge in [-0.05, 0) is 12.1 Å². The average Bonchev–Trinajstić information content (AvgIpc) is 2.43. The minimum absolute atomic E-state index is 0.123. The normalized spacial score (nSPS) is 11.6. The summed E-state index contributed by atoms with van der Waals surface area (Å²) in [7, 11) is 0.618. The Bertz CT molecular complexity index is 588. The van der Waals surface area contributed by atoms with Gasteiger partial charge in [0.25, 0.3) is 5.69 Å². The standard InChI is InChI=1S/C11H17N3O5S/c1-12-10-5-4-9(8-11(10)14(15)16)20(17,18)13(2)6-7-19-3/h4-5,8,12H,6-7H2,1-3H3. The highest BCUT2D eigenvalue weighted by molar-refractivity contribution is 7.89. The summed E-state index contributed by atoms with van der Waals surface area (Å²) in [6.07, 6.45) is 0. The first kappa shape index (κ1) is 16.3. The van der Waals surface area contributed by atoms with Crippen LogP contribution >= 0.6 is 0 Å². The van der Waals surface area contributed by atoms with Gasteiger partial charge in [0, 0.05) is 33.8 Å². The number of anilines is 1. The first-order valence-corrected chi connectivity index (χ1v) is 7.20. The lowest BCUT2D eigenvalue weighted by Gasteiger charge is -2.16. The van der Waals surface area contributed by atoms with Gasteiger partial charge < -0.3 is 10.1 Å². The van der Waals surface area contributed by atoms with Crippen LogP contribution in [0.4, 0.5) is 11.4 Å². The van der Waals surface area contributed by atoms with Gasteiger partial charge in [-0.25, -0.2) is 8.42 Å². The Kier molecular flexibility index (Phi) is 5.43. The summed E-state index contributed by atoms with van der Waals surface area (Å²) in [6.45, 7) is 0.410. The molecule has 0 saturated carbocycles. The number of benzene rings is 1. The van der Waals surface area contributed by atoms with Crippen LogP contribution in [0.3, 0.4) is 0 Å². The van der Waals surface area contributed by atoms with Gasteiger partial charge in [0.15, 0.2) is 0 Å². The minimum atomic E-state index is -3.77. The Morgan fingerprint density at radius 2 is 2.10 bits per heavy atom. The van der Waals surface area contributed by atoms with E-state index in [-0.39, 0.29) is 29.4 Å². The first-order valence-electron chi connectivity index (χ1n) is 5.76. The molecule has 9 heteroatoms. The molecular formula is C11H17N3O5S. The van der Waals surface area contributed by atoms with E-state index in [4.69, 9.17) is 4.74 Å². The van der Waals surface area contributed by atoms with E-state index in [2.05, 4.69) is 5.32 Å². The van der Waals surface area contributed by atoms with Crippen molar-refractivity contribution in [1.82, 2.24) is 4.31 Å². The smallest absolute Gasteiger partial charge is 0.293 e. The van der Waals surface area contributed by atoms with E-state index in [1.807, 2.05) is 0 Å². The van der Waals surface area contributed by atoms with Crippen LogP contribution in [0.2, 0.25) is 0 Å². The summed E-state index contributed by atoms with van der Waals surface area (Å²) in [4.78, 5) is 10.2. The van der Waals surface area contributed by atoms with Crippen molar-refractivity contribution in [2.75, 3.05) is 39.7 Å². The van der Waals surface area contributed by atoms with Gasteiger partial charge in [-0.2, -0.15) is 4.31 Å². The molecule has 1 N–H and O–H groups in total. The zero-order valence-corrected chi connectivity index (χ0v) is 12.3. The van der Waals surface area contributed by atoms with Crippen LogP contribution in [0.15, 0.2) is 23.1 Å². The Labute approximate surface area is 117 Å². The number of hydrogen-bond donors (Lipinski definition) is 1. The number of hydrogen-bond acceptors (Lipinski definition) is 6. The van der Waals surface area contributed by atoms with E-state index in [9.17, 15) is 18.5 Å². The summed E-state index contributed by atoms with van der Waals surface area (Å²) in [5.41, 5.74) is -0.0257. The lowest BCUT2D eigenvalue weighted by molar-refractivity contribution is -0.384. The number of nitrogens with one attached hydrogen (secondary N) is 1. The third-order valence-electron chi connectivity index (χ3n) is 2.75. The molecule has 0 saturated heterocycles. The van der Waals surface area contributed by atoms with Crippen LogP contribution in [0.1, 0.15) is 0 Å². The maximum Gasteiger partial charge on any atom is 0.293 e. The van der Waals surface area contributed by atoms with E-state index in [1.165, 1.54) is 33.3 Å². The second kappa shape index (κ2) is 6.64. The topological polar surface area (TPSA) is 102 Å². The van der Waals surface area contributed by atoms with Crippen molar-refractivity contribution in [3.05, 3.63) is 28.3 Å². The molecule has 0 spiro atoms. The Balaban J connectivity index is 3.19. The highest BCUT2D eigenvalue weighted by Gasteiger charge is 2.24. The summed E-state index contributed by atoms with van der Waals surface area (Å²) in [5, 5.41) is 13.6. The van der Waals surface area contributed by atoms with Gasteiger partial charge in [0.2, 0.25) is 10.0 Å². The molecule has 0 aliphatic heterocycles. The quantitative estimate of drug-likeness (QED) is 0.593. The number of ether oxygens (including phenoxy) is 1. The summed E-state index contributed by atoms with van der Waals surface area (Å²) in [6, 6.07) is 3.75. The summed E-state index contributed by atoms with van der Waals surface area (Å²) in [5.74, 6) is 0. The van der Waals surface area contributed by atoms with E-state index in [0.29, 0.717) is 0 Å². The van der Waals surface area contributed by atoms with Crippen molar-refractivity contribution in [3.8, 4) is 0 Å². The molecular weight excluding hydrogens is 286 g/mol. The average molecular weight is 303 g/mol. The first-order chi connectivity index (χ1) is 9.34. The van der Waals surface area contributed by atoms with Crippen LogP contribution in [-0.4, -0.2) is 52.0 Å². The van der Waals surface area contributed by atoms with Crippen LogP contribution < -0.4 is 5.32 Å². The Morgan fingerprint density at radius 1 is 1.45 bits per heavy atom. The molecule has 112 valence electrons. The molecule has 0 radical (unpaired) electrons. The molecule has 0 aliphatic rings. The van der Waals surface area contributed by atoms with Crippen molar-refractivity contribution < 1.29 is 18.1 Å². The van der Waals surface area contributed by atoms with Crippen LogP contribution in [0, 0.1) is 10.1 Å². The summed E-state index contributed by atoms with van der Waals surface area (Å²) >= 11 is 0. The number of nitro benzene ring substituents is 1. The summed E-state index contributed by atoms with van der Waals surface area (Å²) < 4.78 is 30.4. The van der Waals surface area contributed by atoms with Crippen molar-refractivity contribution in [2.45, 2.75) is 4.90 Å². The van der Waals surface area contributed by atoms with Gasteiger partial charge in [-0.3, -0.25) is 10.1 Å². The van der Waals surface area contributed by atoms with Gasteiger partial charge in [0.1, 0.15) is 5.69 Å². The predicted molar refractivity (Wildman–Crippen MR) is 74.3 cm³/mol. The molecule has 1 aromatic rings. The Morgan fingerprint density at radius 3 is 2.60 bits per heavy atom. The molecule has 1 rings (SSSR count). The molecule has 0 heterocycles. The monoisotopic (exact) mass is 303 g/mol. The number of methoxy groups -OCH3 is 1. The zero-order chi connectivity index (χ0) is 15.3. The molecule has 0 atom stereocenters. The van der Waals surface area contributed by atoms with E-state index in [1.54, 1.807) is 0 Å². The largest absolute Gasteiger partial charge is 0.383 e.